The Morgan fingerprint density at radius 2 is 1.58 bits per heavy atom. The Hall–Kier alpha value is -0.380. The Bertz CT molecular complexity index is 302. The number of hydrogen-bond acceptors (Lipinski definition) is 3. The van der Waals surface area contributed by atoms with Crippen molar-refractivity contribution in [2.45, 2.75) is 70.9 Å². The second-order valence-corrected chi connectivity index (χ2v) is 6.99. The maximum absolute atomic E-state index is 11.9. The van der Waals surface area contributed by atoms with Gasteiger partial charge in [-0.15, -0.1) is 0 Å². The first kappa shape index (κ1) is 18.6. The smallest absolute Gasteiger partial charge is 0.332 e. The first-order valence-corrected chi connectivity index (χ1v) is 8.65. The van der Waals surface area contributed by atoms with Crippen LogP contribution in [0.15, 0.2) is 0 Å². The van der Waals surface area contributed by atoms with Crippen LogP contribution in [0, 0.1) is 0 Å². The minimum atomic E-state index is -4.34. The summed E-state index contributed by atoms with van der Waals surface area (Å²) in [5, 5.41) is -1.24. The van der Waals surface area contributed by atoms with E-state index in [0.29, 0.717) is 25.7 Å². The molecule has 6 heteroatoms. The summed E-state index contributed by atoms with van der Waals surface area (Å²) in [5.74, 6) is -0.516. The van der Waals surface area contributed by atoms with Crippen molar-refractivity contribution in [3.05, 3.63) is 0 Å². The fraction of sp³-hybridized carbons (Fsp3) is 0.923. The van der Waals surface area contributed by atoms with Crippen LogP contribution in [0.25, 0.3) is 0 Å². The maximum atomic E-state index is 11.9. The molecule has 0 aromatic heterocycles. The zero-order valence-electron chi connectivity index (χ0n) is 12.2. The third kappa shape index (κ3) is 6.07. The van der Waals surface area contributed by atoms with Gasteiger partial charge in [-0.2, -0.15) is 0 Å². The third-order valence-corrected chi connectivity index (χ3v) is 5.23. The average molecular weight is 294 g/mol. The molecule has 0 bridgehead atoms. The summed E-state index contributed by atoms with van der Waals surface area (Å²) in [6.07, 6.45) is 3.64. The number of unbranched alkanes of at least 4 members (excludes halogenated alkanes) is 2. The molecule has 19 heavy (non-hydrogen) atoms. The molecule has 0 aliphatic heterocycles. The first-order valence-electron chi connectivity index (χ1n) is 7.04. The summed E-state index contributed by atoms with van der Waals surface area (Å²) in [7, 11) is -4.34. The molecule has 114 valence electrons. The van der Waals surface area contributed by atoms with E-state index < -0.39 is 18.7 Å². The second-order valence-electron chi connectivity index (χ2n) is 4.96. The highest BCUT2D eigenvalue weighted by Crippen LogP contribution is 2.58. The number of esters is 1. The molecule has 0 saturated carbocycles. The van der Waals surface area contributed by atoms with Crippen molar-refractivity contribution in [3.63, 3.8) is 0 Å². The zero-order chi connectivity index (χ0) is 14.9. The average Bonchev–Trinajstić information content (AvgIpc) is 2.31. The van der Waals surface area contributed by atoms with Gasteiger partial charge in [0.15, 0.2) is 0 Å². The largest absolute Gasteiger partial charge is 0.466 e. The van der Waals surface area contributed by atoms with Crippen LogP contribution in [0.1, 0.15) is 65.7 Å². The van der Waals surface area contributed by atoms with Crippen molar-refractivity contribution in [1.82, 2.24) is 0 Å². The van der Waals surface area contributed by atoms with Gasteiger partial charge in [-0.1, -0.05) is 39.5 Å². The fourth-order valence-corrected chi connectivity index (χ4v) is 3.42. The molecule has 0 amide bonds. The van der Waals surface area contributed by atoms with Crippen LogP contribution < -0.4 is 0 Å². The van der Waals surface area contributed by atoms with Crippen LogP contribution in [0.5, 0.6) is 0 Å². The van der Waals surface area contributed by atoms with Crippen LogP contribution >= 0.6 is 7.60 Å². The molecule has 0 saturated heterocycles. The van der Waals surface area contributed by atoms with E-state index in [1.165, 1.54) is 0 Å². The van der Waals surface area contributed by atoms with Crippen LogP contribution in [0.4, 0.5) is 0 Å². The summed E-state index contributed by atoms with van der Waals surface area (Å²) in [5.41, 5.74) is 0. The second kappa shape index (κ2) is 8.72. The topological polar surface area (TPSA) is 83.8 Å². The van der Waals surface area contributed by atoms with E-state index in [-0.39, 0.29) is 13.0 Å². The summed E-state index contributed by atoms with van der Waals surface area (Å²) < 4.78 is 16.8. The lowest BCUT2D eigenvalue weighted by Gasteiger charge is -2.33. The molecular formula is C13H27O5P. The van der Waals surface area contributed by atoms with Crippen molar-refractivity contribution >= 4 is 13.6 Å². The Morgan fingerprint density at radius 1 is 1.11 bits per heavy atom. The number of carbonyl (C=O) groups excluding carboxylic acids is 1. The van der Waals surface area contributed by atoms with Gasteiger partial charge >= 0.3 is 13.6 Å². The molecular weight excluding hydrogens is 267 g/mol. The van der Waals surface area contributed by atoms with Crippen molar-refractivity contribution < 1.29 is 23.9 Å². The van der Waals surface area contributed by atoms with Gasteiger partial charge in [0.1, 0.15) is 0 Å². The van der Waals surface area contributed by atoms with Gasteiger partial charge in [0.25, 0.3) is 0 Å². The van der Waals surface area contributed by atoms with Gasteiger partial charge in [-0.25, -0.2) is 0 Å². The van der Waals surface area contributed by atoms with E-state index in [1.807, 2.05) is 13.8 Å². The third-order valence-electron chi connectivity index (χ3n) is 3.39. The van der Waals surface area contributed by atoms with E-state index in [0.717, 1.165) is 12.8 Å². The molecule has 2 N–H and O–H groups in total. The lowest BCUT2D eigenvalue weighted by molar-refractivity contribution is -0.144. The van der Waals surface area contributed by atoms with Crippen molar-refractivity contribution in [2.24, 2.45) is 0 Å². The van der Waals surface area contributed by atoms with Gasteiger partial charge in [0.05, 0.1) is 18.2 Å². The maximum Gasteiger partial charge on any atom is 0.332 e. The highest BCUT2D eigenvalue weighted by Gasteiger charge is 2.47. The van der Waals surface area contributed by atoms with Crippen molar-refractivity contribution in [2.75, 3.05) is 6.61 Å². The molecule has 0 aromatic rings. The highest BCUT2D eigenvalue weighted by atomic mass is 31.2. The normalized spacial score (nSPS) is 12.5. The Morgan fingerprint density at radius 3 is 1.89 bits per heavy atom. The predicted octanol–water partition coefficient (Wildman–Crippen LogP) is 3.24. The molecule has 0 spiro atoms. The first-order chi connectivity index (χ1) is 8.83. The van der Waals surface area contributed by atoms with Gasteiger partial charge in [-0.3, -0.25) is 9.36 Å². The van der Waals surface area contributed by atoms with E-state index >= 15 is 0 Å². The summed E-state index contributed by atoms with van der Waals surface area (Å²) >= 11 is 0. The van der Waals surface area contributed by atoms with E-state index in [2.05, 4.69) is 0 Å². The number of rotatable bonds is 10. The summed E-state index contributed by atoms with van der Waals surface area (Å²) in [6, 6.07) is 0. The molecule has 0 unspecified atom stereocenters. The quantitative estimate of drug-likeness (QED) is 0.477. The SMILES string of the molecule is CCCCC(CCCC)(CC(=O)OCC)P(=O)(O)O. The van der Waals surface area contributed by atoms with Gasteiger partial charge in [-0.05, 0) is 19.8 Å². The zero-order valence-corrected chi connectivity index (χ0v) is 13.1. The van der Waals surface area contributed by atoms with E-state index in [4.69, 9.17) is 4.74 Å². The Kier molecular flexibility index (Phi) is 8.55. The predicted molar refractivity (Wildman–Crippen MR) is 75.1 cm³/mol. The number of ether oxygens (including phenoxy) is 1. The van der Waals surface area contributed by atoms with E-state index in [1.54, 1.807) is 6.92 Å². The van der Waals surface area contributed by atoms with Gasteiger partial charge in [0, 0.05) is 0 Å². The lowest BCUT2D eigenvalue weighted by Crippen LogP contribution is -2.33. The molecule has 0 fully saturated rings. The molecule has 5 nitrogen and oxygen atoms in total. The standard InChI is InChI=1S/C13H27O5P/c1-4-7-9-13(10-8-5-2,19(15,16)17)11-12(14)18-6-3/h4-11H2,1-3H3,(H2,15,16,17). The fourth-order valence-electron chi connectivity index (χ4n) is 2.19. The summed E-state index contributed by atoms with van der Waals surface area (Å²) in [4.78, 5) is 31.1. The minimum absolute atomic E-state index is 0.189. The monoisotopic (exact) mass is 294 g/mol. The Labute approximate surface area is 115 Å². The van der Waals surface area contributed by atoms with E-state index in [9.17, 15) is 19.1 Å². The molecule has 0 aromatic carbocycles. The highest BCUT2D eigenvalue weighted by molar-refractivity contribution is 7.53. The molecule has 0 aliphatic carbocycles. The van der Waals surface area contributed by atoms with Crippen molar-refractivity contribution in [1.29, 1.82) is 0 Å². The molecule has 0 atom stereocenters. The van der Waals surface area contributed by atoms with Gasteiger partial charge < -0.3 is 14.5 Å². The number of carbonyl (C=O) groups is 1. The molecule has 0 rings (SSSR count). The minimum Gasteiger partial charge on any atom is -0.466 e. The molecule has 0 aliphatic rings. The van der Waals surface area contributed by atoms with Crippen LogP contribution in [0.2, 0.25) is 0 Å². The number of hydrogen-bond donors (Lipinski definition) is 2. The molecule has 0 radical (unpaired) electrons. The van der Waals surface area contributed by atoms with Crippen molar-refractivity contribution in [3.8, 4) is 0 Å². The molecule has 0 heterocycles. The lowest BCUT2D eigenvalue weighted by atomic mass is 9.91. The Balaban J connectivity index is 5.11. The van der Waals surface area contributed by atoms with Crippen LogP contribution in [-0.4, -0.2) is 27.5 Å². The van der Waals surface area contributed by atoms with Gasteiger partial charge in [0.2, 0.25) is 0 Å². The summed E-state index contributed by atoms with van der Waals surface area (Å²) in [6.45, 7) is 5.86. The van der Waals surface area contributed by atoms with Crippen LogP contribution in [-0.2, 0) is 14.1 Å². The van der Waals surface area contributed by atoms with Crippen LogP contribution in [0.3, 0.4) is 0 Å².